The SMILES string of the molecule is FC(F)(F)c1cccc(-c2noc(CC3CN4CCC3CC4)n2)c1.O=C(O)/C=C/C(=O)O. The van der Waals surface area contributed by atoms with Gasteiger partial charge in [-0.15, -0.1) is 0 Å². The molecule has 8 nitrogen and oxygen atoms in total. The van der Waals surface area contributed by atoms with Crippen molar-refractivity contribution in [2.45, 2.75) is 25.4 Å². The van der Waals surface area contributed by atoms with E-state index < -0.39 is 23.7 Å². The van der Waals surface area contributed by atoms with Crippen LogP contribution in [0.25, 0.3) is 11.4 Å². The van der Waals surface area contributed by atoms with Gasteiger partial charge in [0.2, 0.25) is 11.7 Å². The van der Waals surface area contributed by atoms with Crippen molar-refractivity contribution in [1.82, 2.24) is 15.0 Å². The van der Waals surface area contributed by atoms with E-state index in [9.17, 15) is 22.8 Å². The number of carboxylic acids is 2. The number of aliphatic carboxylic acids is 2. The topological polar surface area (TPSA) is 117 Å². The normalized spacial score (nSPS) is 22.4. The highest BCUT2D eigenvalue weighted by Gasteiger charge is 2.35. The van der Waals surface area contributed by atoms with Crippen molar-refractivity contribution < 1.29 is 37.5 Å². The fourth-order valence-corrected chi connectivity index (χ4v) is 3.98. The molecular weight excluding hydrogens is 431 g/mol. The lowest BCUT2D eigenvalue weighted by molar-refractivity contribution is -0.137. The molecule has 4 heterocycles. The minimum Gasteiger partial charge on any atom is -0.478 e. The number of benzene rings is 1. The Morgan fingerprint density at radius 3 is 2.34 bits per heavy atom. The molecule has 0 amide bonds. The molecule has 2 aromatic rings. The second-order valence-electron chi connectivity index (χ2n) is 7.70. The molecule has 2 N–H and O–H groups in total. The lowest BCUT2D eigenvalue weighted by atomic mass is 9.77. The van der Waals surface area contributed by atoms with E-state index in [1.54, 1.807) is 6.07 Å². The van der Waals surface area contributed by atoms with Gasteiger partial charge in [0.1, 0.15) is 0 Å². The molecule has 5 rings (SSSR count). The number of rotatable bonds is 5. The average molecular weight is 453 g/mol. The van der Waals surface area contributed by atoms with Crippen molar-refractivity contribution in [3.63, 3.8) is 0 Å². The standard InChI is InChI=1S/C17H18F3N3O.C4H4O4/c18-17(19,20)14-3-1-2-12(8-14)16-21-15(24-22-16)9-13-10-23-6-4-11(13)5-7-23;5-3(6)1-2-4(7)8/h1-3,8,11,13H,4-7,9-10H2;1-2H,(H,5,6)(H,7,8)/b;2-1+. The first-order valence-electron chi connectivity index (χ1n) is 9.98. The highest BCUT2D eigenvalue weighted by Crippen LogP contribution is 2.35. The molecule has 2 bridgehead atoms. The smallest absolute Gasteiger partial charge is 0.416 e. The molecule has 1 unspecified atom stereocenters. The first kappa shape index (κ1) is 23.5. The van der Waals surface area contributed by atoms with Gasteiger partial charge in [0.15, 0.2) is 0 Å². The molecule has 0 spiro atoms. The molecular formula is C21H22F3N3O5. The van der Waals surface area contributed by atoms with Crippen molar-refractivity contribution >= 4 is 11.9 Å². The van der Waals surface area contributed by atoms with E-state index in [0.29, 0.717) is 41.9 Å². The van der Waals surface area contributed by atoms with Gasteiger partial charge in [-0.3, -0.25) is 0 Å². The van der Waals surface area contributed by atoms with Gasteiger partial charge in [0.05, 0.1) is 5.56 Å². The fourth-order valence-electron chi connectivity index (χ4n) is 3.98. The minimum absolute atomic E-state index is 0.220. The molecule has 1 aromatic heterocycles. The Labute approximate surface area is 181 Å². The Hall–Kier alpha value is -3.21. The summed E-state index contributed by atoms with van der Waals surface area (Å²) in [7, 11) is 0. The van der Waals surface area contributed by atoms with Crippen molar-refractivity contribution in [3.8, 4) is 11.4 Å². The number of hydrogen-bond donors (Lipinski definition) is 2. The second kappa shape index (κ2) is 9.94. The highest BCUT2D eigenvalue weighted by molar-refractivity contribution is 5.89. The van der Waals surface area contributed by atoms with Gasteiger partial charge in [0.25, 0.3) is 0 Å². The number of nitrogens with zero attached hydrogens (tertiary/aromatic N) is 3. The Kier molecular flexibility index (Phi) is 7.29. The number of aromatic nitrogens is 2. The number of piperidine rings is 3. The van der Waals surface area contributed by atoms with Crippen molar-refractivity contribution in [2.75, 3.05) is 19.6 Å². The summed E-state index contributed by atoms with van der Waals surface area (Å²) in [4.78, 5) is 25.9. The average Bonchev–Trinajstić information content (AvgIpc) is 3.22. The third-order valence-electron chi connectivity index (χ3n) is 5.51. The predicted octanol–water partition coefficient (Wildman–Crippen LogP) is 3.35. The summed E-state index contributed by atoms with van der Waals surface area (Å²) in [6, 6.07) is 5.03. The fraction of sp³-hybridized carbons (Fsp3) is 0.429. The van der Waals surface area contributed by atoms with Crippen molar-refractivity contribution in [3.05, 3.63) is 47.9 Å². The summed E-state index contributed by atoms with van der Waals surface area (Å²) < 4.78 is 43.7. The summed E-state index contributed by atoms with van der Waals surface area (Å²) in [5, 5.41) is 19.5. The molecule has 3 aliphatic heterocycles. The molecule has 3 aliphatic rings. The zero-order valence-electron chi connectivity index (χ0n) is 17.0. The molecule has 3 saturated heterocycles. The predicted molar refractivity (Wildman–Crippen MR) is 106 cm³/mol. The Balaban J connectivity index is 0.000000312. The van der Waals surface area contributed by atoms with Crippen LogP contribution in [0, 0.1) is 11.8 Å². The molecule has 172 valence electrons. The molecule has 1 atom stereocenters. The van der Waals surface area contributed by atoms with E-state index in [1.807, 2.05) is 0 Å². The van der Waals surface area contributed by atoms with Crippen LogP contribution in [0.4, 0.5) is 13.2 Å². The van der Waals surface area contributed by atoms with Crippen LogP contribution < -0.4 is 0 Å². The van der Waals surface area contributed by atoms with E-state index >= 15 is 0 Å². The molecule has 0 aliphatic carbocycles. The summed E-state index contributed by atoms with van der Waals surface area (Å²) in [5.41, 5.74) is -0.377. The first-order chi connectivity index (χ1) is 15.1. The quantitative estimate of drug-likeness (QED) is 0.662. The monoisotopic (exact) mass is 453 g/mol. The summed E-state index contributed by atoms with van der Waals surface area (Å²) in [6.45, 7) is 3.38. The maximum Gasteiger partial charge on any atom is 0.416 e. The van der Waals surface area contributed by atoms with E-state index in [2.05, 4.69) is 15.0 Å². The summed E-state index contributed by atoms with van der Waals surface area (Å²) in [5.74, 6) is -0.584. The molecule has 32 heavy (non-hydrogen) atoms. The third kappa shape index (κ3) is 6.39. The Bertz CT molecular complexity index is 965. The van der Waals surface area contributed by atoms with Crippen LogP contribution in [0.5, 0.6) is 0 Å². The third-order valence-corrected chi connectivity index (χ3v) is 5.51. The van der Waals surface area contributed by atoms with Crippen LogP contribution in [0.2, 0.25) is 0 Å². The van der Waals surface area contributed by atoms with E-state index in [-0.39, 0.29) is 5.82 Å². The van der Waals surface area contributed by atoms with Crippen molar-refractivity contribution in [2.24, 2.45) is 11.8 Å². The number of hydrogen-bond acceptors (Lipinski definition) is 6. The molecule has 3 fully saturated rings. The maximum absolute atomic E-state index is 12.8. The zero-order valence-corrected chi connectivity index (χ0v) is 17.0. The molecule has 1 aromatic carbocycles. The highest BCUT2D eigenvalue weighted by atomic mass is 19.4. The Morgan fingerprint density at radius 2 is 1.81 bits per heavy atom. The molecule has 0 saturated carbocycles. The molecule has 11 heteroatoms. The number of carboxylic acid groups (broad SMARTS) is 2. The number of carbonyl (C=O) groups is 2. The lowest BCUT2D eigenvalue weighted by Gasteiger charge is -2.44. The van der Waals surface area contributed by atoms with E-state index in [0.717, 1.165) is 18.7 Å². The Morgan fingerprint density at radius 1 is 1.16 bits per heavy atom. The van der Waals surface area contributed by atoms with Crippen LogP contribution >= 0.6 is 0 Å². The van der Waals surface area contributed by atoms with Gasteiger partial charge in [0, 0.05) is 30.7 Å². The van der Waals surface area contributed by atoms with Gasteiger partial charge >= 0.3 is 18.1 Å². The van der Waals surface area contributed by atoms with Crippen LogP contribution in [0.3, 0.4) is 0 Å². The number of alkyl halides is 3. The number of halogens is 3. The van der Waals surface area contributed by atoms with E-state index in [1.165, 1.54) is 32.0 Å². The minimum atomic E-state index is -4.38. The van der Waals surface area contributed by atoms with Crippen LogP contribution in [-0.2, 0) is 22.2 Å². The van der Waals surface area contributed by atoms with Gasteiger partial charge in [-0.2, -0.15) is 18.2 Å². The van der Waals surface area contributed by atoms with Crippen LogP contribution in [0.1, 0.15) is 24.3 Å². The van der Waals surface area contributed by atoms with Crippen molar-refractivity contribution in [1.29, 1.82) is 0 Å². The lowest BCUT2D eigenvalue weighted by Crippen LogP contribution is -2.48. The number of fused-ring (bicyclic) bond motifs is 3. The summed E-state index contributed by atoms with van der Waals surface area (Å²) >= 11 is 0. The summed E-state index contributed by atoms with van der Waals surface area (Å²) in [6.07, 6.45) is -0.144. The zero-order chi connectivity index (χ0) is 23.3. The molecule has 0 radical (unpaired) electrons. The van der Waals surface area contributed by atoms with Gasteiger partial charge < -0.3 is 19.6 Å². The van der Waals surface area contributed by atoms with Gasteiger partial charge in [-0.1, -0.05) is 17.3 Å². The van der Waals surface area contributed by atoms with E-state index in [4.69, 9.17) is 14.7 Å². The van der Waals surface area contributed by atoms with Gasteiger partial charge in [-0.25, -0.2) is 9.59 Å². The largest absolute Gasteiger partial charge is 0.478 e. The van der Waals surface area contributed by atoms with Gasteiger partial charge in [-0.05, 0) is 49.9 Å². The van der Waals surface area contributed by atoms with Crippen LogP contribution in [0.15, 0.2) is 40.9 Å². The maximum atomic E-state index is 12.8. The van der Waals surface area contributed by atoms with Crippen LogP contribution in [-0.4, -0.2) is 56.8 Å². The second-order valence-corrected chi connectivity index (χ2v) is 7.70. The first-order valence-corrected chi connectivity index (χ1v) is 9.98.